The predicted octanol–water partition coefficient (Wildman–Crippen LogP) is 4.81. The summed E-state index contributed by atoms with van der Waals surface area (Å²) in [5.41, 5.74) is 0.207. The van der Waals surface area contributed by atoms with Crippen molar-refractivity contribution in [1.29, 1.82) is 0 Å². The van der Waals surface area contributed by atoms with Gasteiger partial charge in [0, 0.05) is 12.3 Å². The van der Waals surface area contributed by atoms with Gasteiger partial charge >= 0.3 is 12.1 Å². The highest BCUT2D eigenvalue weighted by Gasteiger charge is 2.44. The normalized spacial score (nSPS) is 18.5. The number of carbonyl (C=O) groups excluding carboxylic acids is 2. The average Bonchev–Trinajstić information content (AvgIpc) is 2.77. The zero-order chi connectivity index (χ0) is 17.4. The average molecular weight is 367 g/mol. The number of rotatable bonds is 3. The van der Waals surface area contributed by atoms with Gasteiger partial charge in [-0.3, -0.25) is 4.79 Å². The van der Waals surface area contributed by atoms with E-state index in [1.165, 1.54) is 18.2 Å². The Bertz CT molecular complexity index is 696. The fourth-order valence-corrected chi connectivity index (χ4v) is 2.63. The summed E-state index contributed by atoms with van der Waals surface area (Å²) in [4.78, 5) is 23.3. The molecule has 1 aromatic carbocycles. The van der Waals surface area contributed by atoms with Gasteiger partial charge in [0.2, 0.25) is 0 Å². The van der Waals surface area contributed by atoms with Crippen molar-refractivity contribution in [3.63, 3.8) is 0 Å². The molecule has 0 heterocycles. The van der Waals surface area contributed by atoms with Gasteiger partial charge in [-0.05, 0) is 24.1 Å². The van der Waals surface area contributed by atoms with E-state index in [4.69, 9.17) is 23.2 Å². The lowest BCUT2D eigenvalue weighted by Crippen LogP contribution is -2.26. The lowest BCUT2D eigenvalue weighted by molar-refractivity contribution is -0.196. The minimum atomic E-state index is -5.14. The Kier molecular flexibility index (Phi) is 5.06. The van der Waals surface area contributed by atoms with Crippen LogP contribution in [0.5, 0.6) is 0 Å². The Morgan fingerprint density at radius 2 is 1.96 bits per heavy atom. The molecule has 0 saturated carbocycles. The summed E-state index contributed by atoms with van der Waals surface area (Å²) in [6, 6.07) is 4.22. The number of allylic oxidation sites excluding steroid dienone is 2. The highest BCUT2D eigenvalue weighted by molar-refractivity contribution is 6.42. The predicted molar refractivity (Wildman–Crippen MR) is 78.9 cm³/mol. The van der Waals surface area contributed by atoms with Crippen molar-refractivity contribution in [2.45, 2.75) is 25.9 Å². The summed E-state index contributed by atoms with van der Waals surface area (Å²) in [5.74, 6) is -3.60. The largest absolute Gasteiger partial charge is 0.491 e. The topological polar surface area (TPSA) is 43.4 Å². The third-order valence-electron chi connectivity index (χ3n) is 3.46. The van der Waals surface area contributed by atoms with E-state index in [1.54, 1.807) is 6.92 Å². The van der Waals surface area contributed by atoms with E-state index < -0.39 is 23.8 Å². The Morgan fingerprint density at radius 1 is 1.30 bits per heavy atom. The van der Waals surface area contributed by atoms with E-state index in [0.717, 1.165) is 0 Å². The summed E-state index contributed by atoms with van der Waals surface area (Å²) >= 11 is 11.7. The Morgan fingerprint density at radius 3 is 2.48 bits per heavy atom. The molecule has 3 nitrogen and oxygen atoms in total. The molecular weight excluding hydrogens is 356 g/mol. The Balaban J connectivity index is 2.51. The highest BCUT2D eigenvalue weighted by Crippen LogP contribution is 2.40. The molecule has 0 amide bonds. The Labute approximate surface area is 140 Å². The first-order valence-electron chi connectivity index (χ1n) is 6.67. The third-order valence-corrected chi connectivity index (χ3v) is 4.20. The monoisotopic (exact) mass is 366 g/mol. The van der Waals surface area contributed by atoms with Crippen LogP contribution >= 0.6 is 23.2 Å². The van der Waals surface area contributed by atoms with Gasteiger partial charge in [-0.25, -0.2) is 4.79 Å². The SMILES string of the molecule is CCC1CC(=O)C(c2ccc(Cl)c(Cl)c2)=C1OC(=O)C(F)(F)F. The minimum Gasteiger partial charge on any atom is -0.423 e. The van der Waals surface area contributed by atoms with Crippen LogP contribution in [0.15, 0.2) is 24.0 Å². The maximum Gasteiger partial charge on any atom is 0.491 e. The van der Waals surface area contributed by atoms with Crippen molar-refractivity contribution in [2.24, 2.45) is 5.92 Å². The van der Waals surface area contributed by atoms with Crippen LogP contribution in [0.4, 0.5) is 13.2 Å². The summed E-state index contributed by atoms with van der Waals surface area (Å²) < 4.78 is 41.9. The molecule has 0 bridgehead atoms. The molecule has 23 heavy (non-hydrogen) atoms. The quantitative estimate of drug-likeness (QED) is 0.721. The van der Waals surface area contributed by atoms with E-state index in [1.807, 2.05) is 0 Å². The Hall–Kier alpha value is -1.53. The number of alkyl halides is 3. The summed E-state index contributed by atoms with van der Waals surface area (Å²) in [5, 5.41) is 0.383. The number of Topliss-reactive ketones (excluding diaryl/α,β-unsaturated/α-hetero) is 1. The number of ether oxygens (including phenoxy) is 1. The van der Waals surface area contributed by atoms with Crippen molar-refractivity contribution in [1.82, 2.24) is 0 Å². The molecule has 0 spiro atoms. The number of ketones is 1. The fourth-order valence-electron chi connectivity index (χ4n) is 2.34. The molecule has 1 aromatic rings. The molecule has 8 heteroatoms. The van der Waals surface area contributed by atoms with Gasteiger partial charge in [-0.2, -0.15) is 13.2 Å². The zero-order valence-electron chi connectivity index (χ0n) is 11.8. The van der Waals surface area contributed by atoms with Crippen LogP contribution in [-0.2, 0) is 14.3 Å². The van der Waals surface area contributed by atoms with Crippen molar-refractivity contribution in [3.05, 3.63) is 39.6 Å². The van der Waals surface area contributed by atoms with Gasteiger partial charge in [-0.15, -0.1) is 0 Å². The zero-order valence-corrected chi connectivity index (χ0v) is 13.4. The fraction of sp³-hybridized carbons (Fsp3) is 0.333. The summed E-state index contributed by atoms with van der Waals surface area (Å²) in [6.45, 7) is 1.69. The van der Waals surface area contributed by atoms with Crippen LogP contribution in [0.3, 0.4) is 0 Å². The molecule has 0 saturated heterocycles. The van der Waals surface area contributed by atoms with Crippen molar-refractivity contribution in [3.8, 4) is 0 Å². The standard InChI is InChI=1S/C15H11Cl2F3O3/c1-2-7-6-11(21)12(8-3-4-9(16)10(17)5-8)13(7)23-14(22)15(18,19)20/h3-5,7H,2,6H2,1H3. The molecule has 124 valence electrons. The molecule has 2 rings (SSSR count). The first-order chi connectivity index (χ1) is 10.6. The van der Waals surface area contributed by atoms with Crippen LogP contribution in [0.2, 0.25) is 10.0 Å². The van der Waals surface area contributed by atoms with Gasteiger partial charge < -0.3 is 4.74 Å². The van der Waals surface area contributed by atoms with Gasteiger partial charge in [0.1, 0.15) is 5.76 Å². The second-order valence-electron chi connectivity index (χ2n) is 4.99. The number of benzene rings is 1. The maximum atomic E-state index is 12.5. The highest BCUT2D eigenvalue weighted by atomic mass is 35.5. The molecule has 0 radical (unpaired) electrons. The third kappa shape index (κ3) is 3.70. The molecule has 0 aliphatic heterocycles. The minimum absolute atomic E-state index is 0.0213. The number of halogens is 5. The van der Waals surface area contributed by atoms with Crippen LogP contribution in [0.25, 0.3) is 5.57 Å². The molecule has 0 fully saturated rings. The molecule has 1 aliphatic carbocycles. The summed E-state index contributed by atoms with van der Waals surface area (Å²) in [6.07, 6.45) is -4.80. The van der Waals surface area contributed by atoms with E-state index in [0.29, 0.717) is 6.42 Å². The van der Waals surface area contributed by atoms with E-state index >= 15 is 0 Å². The molecule has 1 aliphatic rings. The van der Waals surface area contributed by atoms with Gasteiger partial charge in [0.25, 0.3) is 0 Å². The maximum absolute atomic E-state index is 12.5. The van der Waals surface area contributed by atoms with Crippen molar-refractivity contribution in [2.75, 3.05) is 0 Å². The smallest absolute Gasteiger partial charge is 0.423 e. The van der Waals surface area contributed by atoms with E-state index in [2.05, 4.69) is 4.74 Å². The molecule has 0 N–H and O–H groups in total. The second kappa shape index (κ2) is 6.53. The van der Waals surface area contributed by atoms with Crippen molar-refractivity contribution < 1.29 is 27.5 Å². The number of hydrogen-bond acceptors (Lipinski definition) is 3. The van der Waals surface area contributed by atoms with Gasteiger partial charge in [0.05, 0.1) is 15.6 Å². The molecule has 1 unspecified atom stereocenters. The number of carbonyl (C=O) groups is 2. The van der Waals surface area contributed by atoms with Crippen LogP contribution in [0.1, 0.15) is 25.3 Å². The van der Waals surface area contributed by atoms with Crippen LogP contribution in [-0.4, -0.2) is 17.9 Å². The number of hydrogen-bond donors (Lipinski definition) is 0. The van der Waals surface area contributed by atoms with Crippen LogP contribution < -0.4 is 0 Å². The first-order valence-corrected chi connectivity index (χ1v) is 7.42. The van der Waals surface area contributed by atoms with Crippen molar-refractivity contribution >= 4 is 40.5 Å². The second-order valence-corrected chi connectivity index (χ2v) is 5.80. The van der Waals surface area contributed by atoms with E-state index in [9.17, 15) is 22.8 Å². The van der Waals surface area contributed by atoms with Gasteiger partial charge in [-0.1, -0.05) is 36.2 Å². The molecule has 0 aromatic heterocycles. The lowest BCUT2D eigenvalue weighted by atomic mass is 10.0. The van der Waals surface area contributed by atoms with Crippen LogP contribution in [0, 0.1) is 5.92 Å². The molecular formula is C15H11Cl2F3O3. The summed E-state index contributed by atoms with van der Waals surface area (Å²) in [7, 11) is 0. The van der Waals surface area contributed by atoms with E-state index in [-0.39, 0.29) is 33.4 Å². The lowest BCUT2D eigenvalue weighted by Gasteiger charge is -2.14. The van der Waals surface area contributed by atoms with Gasteiger partial charge in [0.15, 0.2) is 5.78 Å². The number of esters is 1. The first kappa shape index (κ1) is 17.8. The molecule has 1 atom stereocenters.